The number of nitrogens with two attached hydrogens (primary N) is 1. The van der Waals surface area contributed by atoms with Crippen LogP contribution in [0.2, 0.25) is 0 Å². The summed E-state index contributed by atoms with van der Waals surface area (Å²) < 4.78 is 17.1. The van der Waals surface area contributed by atoms with Crippen LogP contribution in [0, 0.1) is 25.6 Å². The number of anilines is 1. The Morgan fingerprint density at radius 1 is 1.17 bits per heavy atom. The van der Waals surface area contributed by atoms with Crippen LogP contribution < -0.4 is 5.73 Å². The number of aliphatic hydroxyl groups is 1. The Morgan fingerprint density at radius 2 is 1.94 bits per heavy atom. The highest BCUT2D eigenvalue weighted by atomic mass is 19.1. The van der Waals surface area contributed by atoms with E-state index < -0.39 is 11.4 Å². The van der Waals surface area contributed by atoms with Crippen LogP contribution in [0.4, 0.5) is 10.2 Å². The van der Waals surface area contributed by atoms with E-state index in [1.54, 1.807) is 36.9 Å². The van der Waals surface area contributed by atoms with Gasteiger partial charge in [-0.15, -0.1) is 0 Å². The molecule has 0 spiro atoms. The molecule has 4 aromatic heterocycles. The number of hydrogen-bond donors (Lipinski definition) is 3. The summed E-state index contributed by atoms with van der Waals surface area (Å²) in [7, 11) is 0. The van der Waals surface area contributed by atoms with Gasteiger partial charge in [0.1, 0.15) is 23.0 Å². The van der Waals surface area contributed by atoms with Gasteiger partial charge in [-0.2, -0.15) is 10.2 Å². The molecule has 1 saturated carbocycles. The summed E-state index contributed by atoms with van der Waals surface area (Å²) in [4.78, 5) is 12.2. The summed E-state index contributed by atoms with van der Waals surface area (Å²) in [5.74, 6) is 1.02. The average Bonchev–Trinajstić information content (AvgIpc) is 3.44. The minimum absolute atomic E-state index is 0.363. The Bertz CT molecular complexity index is 1450. The van der Waals surface area contributed by atoms with Crippen molar-refractivity contribution in [1.82, 2.24) is 34.5 Å². The van der Waals surface area contributed by atoms with Crippen molar-refractivity contribution in [1.29, 1.82) is 0 Å². The molecular formula is C25H29FN8O. The highest BCUT2D eigenvalue weighted by Crippen LogP contribution is 2.33. The van der Waals surface area contributed by atoms with E-state index in [0.717, 1.165) is 47.4 Å². The molecule has 35 heavy (non-hydrogen) atoms. The fourth-order valence-corrected chi connectivity index (χ4v) is 4.55. The normalized spacial score (nSPS) is 13.9. The second-order valence-electron chi connectivity index (χ2n) is 9.64. The SMILES string of the molecule is Cc1nn(-c2cc(N)[nH]c3c(ccn2)c(-c2ccc(F)cn2)nn3CC2CC2)c(C)c1C(C)(C)O. The van der Waals surface area contributed by atoms with Crippen LogP contribution in [0.25, 0.3) is 28.2 Å². The first-order chi connectivity index (χ1) is 16.6. The van der Waals surface area contributed by atoms with E-state index >= 15 is 0 Å². The maximum absolute atomic E-state index is 13.5. The topological polar surface area (TPSA) is 123 Å². The number of H-pyrrole nitrogens is 1. The predicted molar refractivity (Wildman–Crippen MR) is 132 cm³/mol. The first-order valence-corrected chi connectivity index (χ1v) is 11.6. The summed E-state index contributed by atoms with van der Waals surface area (Å²) in [6.45, 7) is 7.97. The molecule has 1 aliphatic carbocycles. The average molecular weight is 477 g/mol. The lowest BCUT2D eigenvalue weighted by Crippen LogP contribution is -2.17. The number of aryl methyl sites for hydroxylation is 1. The number of halogens is 1. The van der Waals surface area contributed by atoms with E-state index in [-0.39, 0.29) is 0 Å². The second kappa shape index (κ2) is 8.46. The number of nitrogens with zero attached hydrogens (tertiary/aromatic N) is 6. The third kappa shape index (κ3) is 4.49. The van der Waals surface area contributed by atoms with Gasteiger partial charge < -0.3 is 15.8 Å². The summed E-state index contributed by atoms with van der Waals surface area (Å²) in [5, 5.41) is 20.8. The summed E-state index contributed by atoms with van der Waals surface area (Å²) in [6, 6.07) is 6.53. The lowest BCUT2D eigenvalue weighted by Gasteiger charge is -2.17. The fraction of sp³-hybridized carbons (Fsp3) is 0.360. The highest BCUT2D eigenvalue weighted by molar-refractivity contribution is 5.89. The Balaban J connectivity index is 1.72. The quantitative estimate of drug-likeness (QED) is 0.398. The first-order valence-electron chi connectivity index (χ1n) is 11.6. The van der Waals surface area contributed by atoms with Crippen LogP contribution in [0.5, 0.6) is 0 Å². The molecular weight excluding hydrogens is 447 g/mol. The molecule has 4 heterocycles. The zero-order valence-electron chi connectivity index (χ0n) is 20.2. The Hall–Kier alpha value is -3.79. The van der Waals surface area contributed by atoms with E-state index in [9.17, 15) is 9.50 Å². The maximum atomic E-state index is 13.5. The van der Waals surface area contributed by atoms with Crippen molar-refractivity contribution in [2.75, 3.05) is 5.73 Å². The number of rotatable bonds is 5. The number of fused-ring (bicyclic) bond motifs is 1. The van der Waals surface area contributed by atoms with Gasteiger partial charge in [0.25, 0.3) is 0 Å². The van der Waals surface area contributed by atoms with Gasteiger partial charge >= 0.3 is 0 Å². The molecule has 182 valence electrons. The number of aromatic amines is 1. The molecule has 0 aromatic carbocycles. The van der Waals surface area contributed by atoms with Gasteiger partial charge in [0.2, 0.25) is 0 Å². The Morgan fingerprint density at radius 3 is 2.57 bits per heavy atom. The van der Waals surface area contributed by atoms with Gasteiger partial charge in [-0.25, -0.2) is 18.7 Å². The zero-order valence-corrected chi connectivity index (χ0v) is 20.2. The molecule has 0 radical (unpaired) electrons. The van der Waals surface area contributed by atoms with Crippen LogP contribution in [-0.2, 0) is 12.1 Å². The number of hydrogen-bond acceptors (Lipinski definition) is 6. The molecule has 0 amide bonds. The van der Waals surface area contributed by atoms with Gasteiger partial charge in [-0.3, -0.25) is 4.98 Å². The summed E-state index contributed by atoms with van der Waals surface area (Å²) >= 11 is 0. The predicted octanol–water partition coefficient (Wildman–Crippen LogP) is 4.11. The zero-order chi connectivity index (χ0) is 24.9. The van der Waals surface area contributed by atoms with Crippen molar-refractivity contribution in [3.63, 3.8) is 0 Å². The number of aromatic nitrogens is 7. The number of pyridine rings is 1. The van der Waals surface area contributed by atoms with E-state index in [1.807, 2.05) is 24.6 Å². The van der Waals surface area contributed by atoms with Crippen LogP contribution in [0.3, 0.4) is 0 Å². The van der Waals surface area contributed by atoms with Crippen molar-refractivity contribution >= 4 is 16.9 Å². The van der Waals surface area contributed by atoms with Crippen LogP contribution in [0.1, 0.15) is 43.6 Å². The van der Waals surface area contributed by atoms with E-state index in [2.05, 4.69) is 20.1 Å². The van der Waals surface area contributed by atoms with Gasteiger partial charge in [0, 0.05) is 35.5 Å². The van der Waals surface area contributed by atoms with Crippen molar-refractivity contribution in [3.05, 3.63) is 59.4 Å². The Labute approximate surface area is 202 Å². The van der Waals surface area contributed by atoms with Crippen LogP contribution in [0.15, 0.2) is 36.7 Å². The summed E-state index contributed by atoms with van der Waals surface area (Å²) in [6.07, 6.45) is 5.17. The standard InChI is InChI=1S/C25H29FN8O/c1-14-22(25(3,4)35)15(2)34(31-14)21-11-20(27)30-24-18(9-10-28-21)23(19-8-7-17(26)12-29-19)32-33(24)13-16-5-6-16/h7-12,16,30,35H,5-6,13,27H2,1-4H3. The highest BCUT2D eigenvalue weighted by Gasteiger charge is 2.26. The molecule has 1 fully saturated rings. The Kier molecular flexibility index (Phi) is 5.55. The van der Waals surface area contributed by atoms with E-state index in [4.69, 9.17) is 10.8 Å². The van der Waals surface area contributed by atoms with Crippen LogP contribution >= 0.6 is 0 Å². The van der Waals surface area contributed by atoms with Gasteiger partial charge in [0.05, 0.1) is 23.2 Å². The van der Waals surface area contributed by atoms with Crippen molar-refractivity contribution in [2.45, 2.75) is 52.7 Å². The third-order valence-corrected chi connectivity index (χ3v) is 6.20. The van der Waals surface area contributed by atoms with Gasteiger partial charge in [-0.05, 0) is 64.7 Å². The largest absolute Gasteiger partial charge is 0.386 e. The minimum Gasteiger partial charge on any atom is -0.386 e. The van der Waals surface area contributed by atoms with Crippen molar-refractivity contribution < 1.29 is 9.50 Å². The van der Waals surface area contributed by atoms with Crippen molar-refractivity contribution in [2.24, 2.45) is 5.92 Å². The molecule has 9 nitrogen and oxygen atoms in total. The maximum Gasteiger partial charge on any atom is 0.157 e. The molecule has 0 atom stereocenters. The first kappa shape index (κ1) is 23.0. The lowest BCUT2D eigenvalue weighted by molar-refractivity contribution is 0.0772. The second-order valence-corrected chi connectivity index (χ2v) is 9.64. The summed E-state index contributed by atoms with van der Waals surface area (Å²) in [5.41, 5.74) is 9.52. The van der Waals surface area contributed by atoms with E-state index in [1.165, 1.54) is 12.3 Å². The van der Waals surface area contributed by atoms with Crippen molar-refractivity contribution in [3.8, 4) is 17.2 Å². The monoisotopic (exact) mass is 476 g/mol. The smallest absolute Gasteiger partial charge is 0.157 e. The molecule has 10 heteroatoms. The number of nitrogens with one attached hydrogen (secondary N) is 1. The molecule has 4 aromatic rings. The lowest BCUT2D eigenvalue weighted by atomic mass is 9.96. The molecule has 1 aliphatic rings. The van der Waals surface area contributed by atoms with Gasteiger partial charge in [-0.1, -0.05) is 0 Å². The minimum atomic E-state index is -1.05. The molecule has 0 saturated heterocycles. The van der Waals surface area contributed by atoms with E-state index in [0.29, 0.717) is 28.9 Å². The fourth-order valence-electron chi connectivity index (χ4n) is 4.55. The molecule has 0 bridgehead atoms. The molecule has 4 N–H and O–H groups in total. The van der Waals surface area contributed by atoms with Gasteiger partial charge in [0.15, 0.2) is 5.82 Å². The number of nitrogen functional groups attached to an aromatic ring is 1. The molecule has 5 rings (SSSR count). The van der Waals surface area contributed by atoms with Crippen LogP contribution in [-0.4, -0.2) is 39.6 Å². The third-order valence-electron chi connectivity index (χ3n) is 6.20. The molecule has 0 unspecified atom stereocenters. The molecule has 0 aliphatic heterocycles.